The number of carbonyl (C=O) groups is 2. The predicted octanol–water partition coefficient (Wildman–Crippen LogP) is 1.64. The molecule has 0 saturated heterocycles. The second kappa shape index (κ2) is 8.09. The third-order valence-corrected chi connectivity index (χ3v) is 4.51. The van der Waals surface area contributed by atoms with Crippen LogP contribution >= 0.6 is 0 Å². The number of carbonyl (C=O) groups excluding carboxylic acids is 1. The van der Waals surface area contributed by atoms with Gasteiger partial charge in [0.15, 0.2) is 6.04 Å². The van der Waals surface area contributed by atoms with Gasteiger partial charge in [-0.1, -0.05) is 43.3 Å². The zero-order valence-corrected chi connectivity index (χ0v) is 15.8. The van der Waals surface area contributed by atoms with Crippen molar-refractivity contribution in [2.45, 2.75) is 25.9 Å². The summed E-state index contributed by atoms with van der Waals surface area (Å²) in [5.41, 5.74) is 0.202. The lowest BCUT2D eigenvalue weighted by Crippen LogP contribution is -2.44. The van der Waals surface area contributed by atoms with Crippen LogP contribution in [0, 0.1) is 5.92 Å². The lowest BCUT2D eigenvalue weighted by molar-refractivity contribution is -0.143. The van der Waals surface area contributed by atoms with Crippen molar-refractivity contribution in [2.24, 2.45) is 5.92 Å². The van der Waals surface area contributed by atoms with E-state index in [1.54, 1.807) is 38.1 Å². The van der Waals surface area contributed by atoms with Crippen LogP contribution in [0.25, 0.3) is 10.9 Å². The van der Waals surface area contributed by atoms with E-state index >= 15 is 0 Å². The van der Waals surface area contributed by atoms with E-state index in [9.17, 15) is 24.6 Å². The average molecular weight is 396 g/mol. The molecule has 3 rings (SSSR count). The van der Waals surface area contributed by atoms with E-state index < -0.39 is 29.5 Å². The number of phenols is 1. The molecule has 3 aromatic rings. The quantitative estimate of drug-likeness (QED) is 0.576. The highest BCUT2D eigenvalue weighted by atomic mass is 16.4. The molecule has 2 aromatic carbocycles. The van der Waals surface area contributed by atoms with Crippen molar-refractivity contribution in [3.05, 3.63) is 64.4 Å². The number of aliphatic carboxylic acids is 1. The number of phenolic OH excluding ortho intramolecular Hbond substituents is 1. The number of carboxylic acid groups (broad SMARTS) is 1. The highest BCUT2D eigenvalue weighted by Crippen LogP contribution is 2.21. The third-order valence-electron chi connectivity index (χ3n) is 4.51. The lowest BCUT2D eigenvalue weighted by Gasteiger charge is -2.23. The number of aromatic nitrogens is 3. The van der Waals surface area contributed by atoms with Gasteiger partial charge in [-0.3, -0.25) is 9.59 Å². The Morgan fingerprint density at radius 2 is 1.72 bits per heavy atom. The zero-order valence-electron chi connectivity index (χ0n) is 15.8. The van der Waals surface area contributed by atoms with Crippen LogP contribution in [0.2, 0.25) is 0 Å². The molecule has 1 amide bonds. The maximum atomic E-state index is 13.0. The standard InChI is InChI=1S/C20H20N4O5/c1-11(2)17(24-19(27)14-5-3-4-6-15(14)22-23-24)18(26)21-16(20(28)29)12-7-9-13(25)10-8-12/h3-11,16-17,25H,1-2H3,(H,21,26)(H,28,29)/t16-,17?/m1/s1. The normalized spacial score (nSPS) is 13.2. The van der Waals surface area contributed by atoms with Crippen LogP contribution in [0.4, 0.5) is 0 Å². The fourth-order valence-corrected chi connectivity index (χ4v) is 3.06. The van der Waals surface area contributed by atoms with E-state index in [0.29, 0.717) is 10.9 Å². The molecule has 0 aliphatic carbocycles. The first kappa shape index (κ1) is 20.0. The molecule has 0 aliphatic rings. The van der Waals surface area contributed by atoms with Gasteiger partial charge in [0, 0.05) is 0 Å². The van der Waals surface area contributed by atoms with Gasteiger partial charge in [0.2, 0.25) is 5.91 Å². The molecular weight excluding hydrogens is 376 g/mol. The van der Waals surface area contributed by atoms with Gasteiger partial charge in [-0.2, -0.15) is 4.68 Å². The maximum Gasteiger partial charge on any atom is 0.330 e. The van der Waals surface area contributed by atoms with Crippen molar-refractivity contribution in [3.63, 3.8) is 0 Å². The summed E-state index contributed by atoms with van der Waals surface area (Å²) in [4.78, 5) is 37.5. The van der Waals surface area contributed by atoms with Crippen LogP contribution in [-0.2, 0) is 9.59 Å². The average Bonchev–Trinajstić information content (AvgIpc) is 2.68. The van der Waals surface area contributed by atoms with E-state index in [4.69, 9.17) is 0 Å². The van der Waals surface area contributed by atoms with E-state index in [-0.39, 0.29) is 17.2 Å². The van der Waals surface area contributed by atoms with Gasteiger partial charge >= 0.3 is 5.97 Å². The highest BCUT2D eigenvalue weighted by Gasteiger charge is 2.31. The minimum Gasteiger partial charge on any atom is -0.508 e. The molecule has 0 aliphatic heterocycles. The molecule has 29 heavy (non-hydrogen) atoms. The van der Waals surface area contributed by atoms with Gasteiger partial charge < -0.3 is 15.5 Å². The summed E-state index contributed by atoms with van der Waals surface area (Å²) in [6.07, 6.45) is 0. The van der Waals surface area contributed by atoms with Gasteiger partial charge in [0.1, 0.15) is 17.3 Å². The molecule has 0 spiro atoms. The molecule has 1 aromatic heterocycles. The molecule has 9 nitrogen and oxygen atoms in total. The Kier molecular flexibility index (Phi) is 5.58. The molecule has 1 unspecified atom stereocenters. The number of nitrogens with one attached hydrogen (secondary N) is 1. The first-order valence-corrected chi connectivity index (χ1v) is 8.96. The zero-order chi connectivity index (χ0) is 21.1. The minimum atomic E-state index is -1.35. The second-order valence-corrected chi connectivity index (χ2v) is 6.92. The van der Waals surface area contributed by atoms with Gasteiger partial charge in [0.05, 0.1) is 5.39 Å². The molecule has 150 valence electrons. The van der Waals surface area contributed by atoms with Crippen LogP contribution in [0.1, 0.15) is 31.5 Å². The minimum absolute atomic E-state index is 0.0257. The van der Waals surface area contributed by atoms with Gasteiger partial charge in [-0.05, 0) is 35.7 Å². The summed E-state index contributed by atoms with van der Waals surface area (Å²) in [5, 5.41) is 29.6. The largest absolute Gasteiger partial charge is 0.508 e. The number of fused-ring (bicyclic) bond motifs is 1. The number of amides is 1. The monoisotopic (exact) mass is 396 g/mol. The molecule has 2 atom stereocenters. The Labute approximate surface area is 165 Å². The summed E-state index contributed by atoms with van der Waals surface area (Å²) in [7, 11) is 0. The number of aromatic hydroxyl groups is 1. The number of nitrogens with zero attached hydrogens (tertiary/aromatic N) is 3. The van der Waals surface area contributed by atoms with Gasteiger partial charge in [-0.25, -0.2) is 4.79 Å². The smallest absolute Gasteiger partial charge is 0.330 e. The molecule has 9 heteroatoms. The summed E-state index contributed by atoms with van der Waals surface area (Å²) in [6.45, 7) is 3.45. The third kappa shape index (κ3) is 4.08. The summed E-state index contributed by atoms with van der Waals surface area (Å²) in [6, 6.07) is 9.70. The van der Waals surface area contributed by atoms with Crippen molar-refractivity contribution in [1.29, 1.82) is 0 Å². The van der Waals surface area contributed by atoms with Crippen LogP contribution < -0.4 is 10.9 Å². The Morgan fingerprint density at radius 3 is 2.34 bits per heavy atom. The van der Waals surface area contributed by atoms with Crippen LogP contribution in [0.5, 0.6) is 5.75 Å². The van der Waals surface area contributed by atoms with E-state index in [0.717, 1.165) is 4.68 Å². The van der Waals surface area contributed by atoms with Gasteiger partial charge in [-0.15, -0.1) is 5.10 Å². The Balaban J connectivity index is 1.98. The van der Waals surface area contributed by atoms with E-state index in [1.165, 1.54) is 24.3 Å². The molecule has 1 heterocycles. The molecule has 0 radical (unpaired) electrons. The summed E-state index contributed by atoms with van der Waals surface area (Å²) < 4.78 is 0.984. The SMILES string of the molecule is CC(C)C(C(=O)N[C@@H](C(=O)O)c1ccc(O)cc1)n1nnc2ccccc2c1=O. The summed E-state index contributed by atoms with van der Waals surface area (Å²) in [5.74, 6) is -2.34. The predicted molar refractivity (Wildman–Crippen MR) is 104 cm³/mol. The molecular formula is C20H20N4O5. The Bertz CT molecular complexity index is 1110. The number of benzene rings is 2. The Hall–Kier alpha value is -3.75. The molecule has 0 fully saturated rings. The van der Waals surface area contributed by atoms with E-state index in [2.05, 4.69) is 15.6 Å². The first-order valence-electron chi connectivity index (χ1n) is 8.96. The van der Waals surface area contributed by atoms with Crippen LogP contribution in [0.15, 0.2) is 53.3 Å². The molecule has 0 bridgehead atoms. The highest BCUT2D eigenvalue weighted by molar-refractivity contribution is 5.87. The Morgan fingerprint density at radius 1 is 1.07 bits per heavy atom. The van der Waals surface area contributed by atoms with Crippen molar-refractivity contribution in [3.8, 4) is 5.75 Å². The fraction of sp³-hybridized carbons (Fsp3) is 0.250. The van der Waals surface area contributed by atoms with Crippen molar-refractivity contribution in [2.75, 3.05) is 0 Å². The number of rotatable bonds is 6. The summed E-state index contributed by atoms with van der Waals surface area (Å²) >= 11 is 0. The van der Waals surface area contributed by atoms with E-state index in [1.807, 2.05) is 0 Å². The van der Waals surface area contributed by atoms with Crippen molar-refractivity contribution >= 4 is 22.8 Å². The number of carboxylic acids is 1. The van der Waals surface area contributed by atoms with Crippen LogP contribution in [-0.4, -0.2) is 37.1 Å². The number of hydrogen-bond acceptors (Lipinski definition) is 6. The van der Waals surface area contributed by atoms with Crippen molar-refractivity contribution in [1.82, 2.24) is 20.3 Å². The second-order valence-electron chi connectivity index (χ2n) is 6.92. The first-order chi connectivity index (χ1) is 13.8. The maximum absolute atomic E-state index is 13.0. The van der Waals surface area contributed by atoms with Crippen LogP contribution in [0.3, 0.4) is 0 Å². The molecule has 3 N–H and O–H groups in total. The lowest BCUT2D eigenvalue weighted by atomic mass is 10.0. The molecule has 0 saturated carbocycles. The topological polar surface area (TPSA) is 134 Å². The fourth-order valence-electron chi connectivity index (χ4n) is 3.06. The number of hydrogen-bond donors (Lipinski definition) is 3. The van der Waals surface area contributed by atoms with Crippen molar-refractivity contribution < 1.29 is 19.8 Å². The van der Waals surface area contributed by atoms with Gasteiger partial charge in [0.25, 0.3) is 5.56 Å².